The molecule has 5 heteroatoms. The summed E-state index contributed by atoms with van der Waals surface area (Å²) in [5.41, 5.74) is 0.583. The van der Waals surface area contributed by atoms with Crippen molar-refractivity contribution in [2.75, 3.05) is 19.7 Å². The molecule has 0 aliphatic heterocycles. The summed E-state index contributed by atoms with van der Waals surface area (Å²) in [6.07, 6.45) is 4.86. The number of aliphatic hydroxyl groups excluding tert-OH is 1. The number of carbonyl (C=O) groups is 2. The number of likely N-dealkylation sites (N-methyl/N-ethyl adjacent to an activating group) is 1. The van der Waals surface area contributed by atoms with Gasteiger partial charge in [-0.25, -0.2) is 4.79 Å². The van der Waals surface area contributed by atoms with Gasteiger partial charge in [-0.2, -0.15) is 0 Å². The number of ether oxygens (including phenoxy) is 1. The lowest BCUT2D eigenvalue weighted by Gasteiger charge is -2.33. The van der Waals surface area contributed by atoms with Crippen molar-refractivity contribution in [2.24, 2.45) is 0 Å². The van der Waals surface area contributed by atoms with E-state index in [9.17, 15) is 14.7 Å². The summed E-state index contributed by atoms with van der Waals surface area (Å²) in [4.78, 5) is 27.1. The molecule has 0 heterocycles. The van der Waals surface area contributed by atoms with Crippen molar-refractivity contribution < 1.29 is 19.4 Å². The first-order valence-electron chi connectivity index (χ1n) is 9.29. The van der Waals surface area contributed by atoms with E-state index in [-0.39, 0.29) is 19.1 Å². The molecule has 0 atom stereocenters. The minimum Gasteiger partial charge on any atom is -0.445 e. The molecule has 1 amide bonds. The standard InChI is InChI=1S/C20H29NO4/c1-3-7-16-8-10-17(11-9-16)18(23)25-20(12-5-6-13-20)19(24)21(4-2)14-15-22/h8-11,22H,3-7,12-15H2,1-2H3. The molecule has 5 nitrogen and oxygen atoms in total. The maximum atomic E-state index is 12.9. The van der Waals surface area contributed by atoms with Gasteiger partial charge >= 0.3 is 5.97 Å². The molecule has 1 aromatic rings. The van der Waals surface area contributed by atoms with E-state index in [0.29, 0.717) is 24.9 Å². The average Bonchev–Trinajstić information content (AvgIpc) is 3.09. The summed E-state index contributed by atoms with van der Waals surface area (Å²) in [5, 5.41) is 9.17. The number of benzene rings is 1. The van der Waals surface area contributed by atoms with E-state index < -0.39 is 11.6 Å². The quantitative estimate of drug-likeness (QED) is 0.734. The third-order valence-corrected chi connectivity index (χ3v) is 4.86. The van der Waals surface area contributed by atoms with Crippen molar-refractivity contribution in [3.8, 4) is 0 Å². The monoisotopic (exact) mass is 347 g/mol. The van der Waals surface area contributed by atoms with Gasteiger partial charge in [0.2, 0.25) is 0 Å². The Kier molecular flexibility index (Phi) is 7.00. The van der Waals surface area contributed by atoms with Crippen molar-refractivity contribution >= 4 is 11.9 Å². The fourth-order valence-corrected chi connectivity index (χ4v) is 3.45. The molecular formula is C20H29NO4. The van der Waals surface area contributed by atoms with Crippen LogP contribution in [0.4, 0.5) is 0 Å². The summed E-state index contributed by atoms with van der Waals surface area (Å²) in [5.74, 6) is -0.629. The molecule has 0 aromatic heterocycles. The van der Waals surface area contributed by atoms with Crippen LogP contribution >= 0.6 is 0 Å². The van der Waals surface area contributed by atoms with Crippen LogP contribution < -0.4 is 0 Å². The fraction of sp³-hybridized carbons (Fsp3) is 0.600. The molecule has 1 N–H and O–H groups in total. The Hall–Kier alpha value is -1.88. The van der Waals surface area contributed by atoms with Crippen LogP contribution in [-0.2, 0) is 16.0 Å². The van der Waals surface area contributed by atoms with Crippen LogP contribution in [0.15, 0.2) is 24.3 Å². The second-order valence-electron chi connectivity index (χ2n) is 6.65. The van der Waals surface area contributed by atoms with Crippen LogP contribution in [0.1, 0.15) is 61.9 Å². The maximum absolute atomic E-state index is 12.9. The number of esters is 1. The lowest BCUT2D eigenvalue weighted by Crippen LogP contribution is -2.51. The predicted molar refractivity (Wildman–Crippen MR) is 96.4 cm³/mol. The molecule has 0 saturated heterocycles. The molecule has 1 fully saturated rings. The zero-order valence-electron chi connectivity index (χ0n) is 15.3. The average molecular weight is 347 g/mol. The van der Waals surface area contributed by atoms with E-state index in [1.165, 1.54) is 5.56 Å². The first-order valence-corrected chi connectivity index (χ1v) is 9.29. The van der Waals surface area contributed by atoms with E-state index in [2.05, 4.69) is 6.92 Å². The number of carbonyl (C=O) groups excluding carboxylic acids is 2. The third-order valence-electron chi connectivity index (χ3n) is 4.86. The highest BCUT2D eigenvalue weighted by Crippen LogP contribution is 2.36. The Labute approximate surface area is 150 Å². The normalized spacial score (nSPS) is 15.8. The minimum atomic E-state index is -1.08. The molecule has 1 aliphatic rings. The van der Waals surface area contributed by atoms with E-state index in [1.807, 2.05) is 19.1 Å². The van der Waals surface area contributed by atoms with Gasteiger partial charge in [0.25, 0.3) is 5.91 Å². The zero-order valence-corrected chi connectivity index (χ0v) is 15.3. The van der Waals surface area contributed by atoms with Gasteiger partial charge < -0.3 is 14.7 Å². The number of aliphatic hydroxyl groups is 1. The van der Waals surface area contributed by atoms with Gasteiger partial charge in [0.1, 0.15) is 0 Å². The minimum absolute atomic E-state index is 0.0947. The summed E-state index contributed by atoms with van der Waals surface area (Å²) in [7, 11) is 0. The van der Waals surface area contributed by atoms with Crippen LogP contribution in [0.3, 0.4) is 0 Å². The number of hydrogen-bond acceptors (Lipinski definition) is 4. The molecule has 1 saturated carbocycles. The smallest absolute Gasteiger partial charge is 0.339 e. The molecule has 0 unspecified atom stereocenters. The Morgan fingerprint density at radius 2 is 1.80 bits per heavy atom. The molecular weight excluding hydrogens is 318 g/mol. The van der Waals surface area contributed by atoms with Crippen LogP contribution in [0.2, 0.25) is 0 Å². The highest BCUT2D eigenvalue weighted by molar-refractivity contribution is 5.94. The molecule has 25 heavy (non-hydrogen) atoms. The van der Waals surface area contributed by atoms with Crippen molar-refractivity contribution in [1.29, 1.82) is 0 Å². The fourth-order valence-electron chi connectivity index (χ4n) is 3.45. The summed E-state index contributed by atoms with van der Waals surface area (Å²) < 4.78 is 5.76. The first kappa shape index (κ1) is 19.4. The van der Waals surface area contributed by atoms with Crippen molar-refractivity contribution in [3.63, 3.8) is 0 Å². The van der Waals surface area contributed by atoms with Gasteiger partial charge in [0, 0.05) is 13.1 Å². The topological polar surface area (TPSA) is 66.8 Å². The Balaban J connectivity index is 2.14. The highest BCUT2D eigenvalue weighted by Gasteiger charge is 2.47. The van der Waals surface area contributed by atoms with Crippen LogP contribution in [-0.4, -0.2) is 47.2 Å². The van der Waals surface area contributed by atoms with Crippen molar-refractivity contribution in [2.45, 2.75) is 58.0 Å². The predicted octanol–water partition coefficient (Wildman–Crippen LogP) is 2.95. The van der Waals surface area contributed by atoms with Crippen molar-refractivity contribution in [1.82, 2.24) is 4.90 Å². The van der Waals surface area contributed by atoms with E-state index in [0.717, 1.165) is 25.7 Å². The Bertz CT molecular complexity index is 576. The van der Waals surface area contributed by atoms with Gasteiger partial charge in [-0.15, -0.1) is 0 Å². The first-order chi connectivity index (χ1) is 12.1. The van der Waals surface area contributed by atoms with Gasteiger partial charge in [0.05, 0.1) is 12.2 Å². The summed E-state index contributed by atoms with van der Waals surface area (Å²) in [6, 6.07) is 7.41. The zero-order chi connectivity index (χ0) is 18.3. The molecule has 1 aromatic carbocycles. The summed E-state index contributed by atoms with van der Waals surface area (Å²) in [6.45, 7) is 4.64. The lowest BCUT2D eigenvalue weighted by molar-refractivity contribution is -0.152. The lowest BCUT2D eigenvalue weighted by atomic mass is 9.99. The van der Waals surface area contributed by atoms with E-state index in [1.54, 1.807) is 17.0 Å². The number of aryl methyl sites for hydroxylation is 1. The number of nitrogens with zero attached hydrogens (tertiary/aromatic N) is 1. The molecule has 0 radical (unpaired) electrons. The molecule has 1 aliphatic carbocycles. The Morgan fingerprint density at radius 1 is 1.16 bits per heavy atom. The van der Waals surface area contributed by atoms with Crippen LogP contribution in [0.5, 0.6) is 0 Å². The molecule has 138 valence electrons. The maximum Gasteiger partial charge on any atom is 0.339 e. The Morgan fingerprint density at radius 3 is 2.32 bits per heavy atom. The summed E-state index contributed by atoms with van der Waals surface area (Å²) >= 11 is 0. The van der Waals surface area contributed by atoms with Crippen LogP contribution in [0, 0.1) is 0 Å². The number of rotatable bonds is 8. The second kappa shape index (κ2) is 8.99. The third kappa shape index (κ3) is 4.60. The van der Waals surface area contributed by atoms with Gasteiger partial charge in [0.15, 0.2) is 5.60 Å². The SMILES string of the molecule is CCCc1ccc(C(=O)OC2(C(=O)N(CC)CCO)CCCC2)cc1. The van der Waals surface area contributed by atoms with Crippen LogP contribution in [0.25, 0.3) is 0 Å². The largest absolute Gasteiger partial charge is 0.445 e. The van der Waals surface area contributed by atoms with E-state index in [4.69, 9.17) is 4.74 Å². The molecule has 0 spiro atoms. The highest BCUT2D eigenvalue weighted by atomic mass is 16.6. The second-order valence-corrected chi connectivity index (χ2v) is 6.65. The molecule has 2 rings (SSSR count). The van der Waals surface area contributed by atoms with Gasteiger partial charge in [-0.05, 0) is 56.7 Å². The van der Waals surface area contributed by atoms with E-state index >= 15 is 0 Å². The van der Waals surface area contributed by atoms with Crippen molar-refractivity contribution in [3.05, 3.63) is 35.4 Å². The number of amides is 1. The van der Waals surface area contributed by atoms with Gasteiger partial charge in [-0.3, -0.25) is 4.79 Å². The number of hydrogen-bond donors (Lipinski definition) is 1. The van der Waals surface area contributed by atoms with Gasteiger partial charge in [-0.1, -0.05) is 25.5 Å². The molecule has 0 bridgehead atoms.